The predicted molar refractivity (Wildman–Crippen MR) is 159 cm³/mol. The molecule has 3 atom stereocenters. The molecule has 10 nitrogen and oxygen atoms in total. The maximum atomic E-state index is 13.7. The number of carbonyl (C=O) groups is 1. The Morgan fingerprint density at radius 3 is 1.76 bits per heavy atom. The molecular formula is C32H28N4O6. The number of hydrogen-bond acceptors (Lipinski definition) is 8. The lowest BCUT2D eigenvalue weighted by molar-refractivity contribution is -0.385. The second kappa shape index (κ2) is 11.9. The van der Waals surface area contributed by atoms with Crippen LogP contribution in [0.25, 0.3) is 0 Å². The molecule has 0 saturated heterocycles. The molecule has 0 spiro atoms. The number of hydrogen-bond donors (Lipinski definition) is 1. The molecule has 0 fully saturated rings. The maximum Gasteiger partial charge on any atom is 0.337 e. The Morgan fingerprint density at radius 1 is 0.762 bits per heavy atom. The monoisotopic (exact) mass is 564 g/mol. The van der Waals surface area contributed by atoms with Crippen LogP contribution in [0.3, 0.4) is 0 Å². The number of anilines is 2. The van der Waals surface area contributed by atoms with Crippen molar-refractivity contribution >= 4 is 28.7 Å². The van der Waals surface area contributed by atoms with E-state index in [1.807, 2.05) is 67.6 Å². The molecule has 1 N–H and O–H groups in total. The van der Waals surface area contributed by atoms with Crippen LogP contribution in [-0.2, 0) is 9.53 Å². The average molecular weight is 565 g/mol. The molecule has 0 amide bonds. The number of methoxy groups -OCH3 is 1. The Hall–Kier alpha value is -5.51. The van der Waals surface area contributed by atoms with Gasteiger partial charge < -0.3 is 15.0 Å². The van der Waals surface area contributed by atoms with E-state index in [2.05, 4.69) is 10.2 Å². The molecule has 4 aromatic carbocycles. The van der Waals surface area contributed by atoms with Crippen LogP contribution in [0.5, 0.6) is 0 Å². The van der Waals surface area contributed by atoms with Gasteiger partial charge in [-0.15, -0.1) is 0 Å². The molecule has 0 bridgehead atoms. The Kier molecular flexibility index (Phi) is 7.96. The zero-order chi connectivity index (χ0) is 29.8. The van der Waals surface area contributed by atoms with E-state index in [9.17, 15) is 25.0 Å². The smallest absolute Gasteiger partial charge is 0.337 e. The molecule has 0 aromatic heterocycles. The van der Waals surface area contributed by atoms with Gasteiger partial charge in [-0.2, -0.15) is 0 Å². The summed E-state index contributed by atoms with van der Waals surface area (Å²) in [6.07, 6.45) is 0. The lowest BCUT2D eigenvalue weighted by Gasteiger charge is -2.48. The molecule has 42 heavy (non-hydrogen) atoms. The van der Waals surface area contributed by atoms with Crippen LogP contribution in [0.2, 0.25) is 0 Å². The fourth-order valence-corrected chi connectivity index (χ4v) is 5.54. The number of rotatable bonds is 8. The fourth-order valence-electron chi connectivity index (χ4n) is 5.54. The normalized spacial score (nSPS) is 18.3. The van der Waals surface area contributed by atoms with Crippen molar-refractivity contribution in [2.75, 3.05) is 17.3 Å². The van der Waals surface area contributed by atoms with Crippen molar-refractivity contribution in [1.82, 2.24) is 0 Å². The van der Waals surface area contributed by atoms with Gasteiger partial charge in [0, 0.05) is 47.3 Å². The third kappa shape index (κ3) is 5.42. The highest BCUT2D eigenvalue weighted by Crippen LogP contribution is 2.50. The van der Waals surface area contributed by atoms with Gasteiger partial charge in [0.1, 0.15) is 0 Å². The molecule has 1 aliphatic heterocycles. The topological polar surface area (TPSA) is 128 Å². The van der Waals surface area contributed by atoms with Crippen molar-refractivity contribution in [2.45, 2.75) is 19.0 Å². The van der Waals surface area contributed by atoms with Crippen molar-refractivity contribution in [2.24, 2.45) is 5.92 Å². The Labute approximate surface area is 242 Å². The van der Waals surface area contributed by atoms with Gasteiger partial charge in [-0.05, 0) is 47.5 Å². The van der Waals surface area contributed by atoms with Crippen LogP contribution in [0.1, 0.15) is 30.1 Å². The number of nitrogens with zero attached hydrogens (tertiary/aromatic N) is 3. The number of benzene rings is 4. The zero-order valence-electron chi connectivity index (χ0n) is 22.9. The lowest BCUT2D eigenvalue weighted by Crippen LogP contribution is -2.45. The van der Waals surface area contributed by atoms with Crippen molar-refractivity contribution in [3.05, 3.63) is 152 Å². The number of esters is 1. The molecule has 212 valence electrons. The first kappa shape index (κ1) is 28.0. The van der Waals surface area contributed by atoms with Gasteiger partial charge in [0.25, 0.3) is 11.4 Å². The molecule has 1 heterocycles. The SMILES string of the molecule is COC(=O)C1=C(Nc2ccccc2)[C@H](C)[C@@H](c2ccc([N+](=O)[O-])cc2)N(c2ccccc2)[C@@H]1c1ccc([N+](=O)[O-])cc1. The summed E-state index contributed by atoms with van der Waals surface area (Å²) in [5, 5.41) is 26.4. The second-order valence-corrected chi connectivity index (χ2v) is 9.89. The summed E-state index contributed by atoms with van der Waals surface area (Å²) in [5.41, 5.74) is 3.84. The van der Waals surface area contributed by atoms with Gasteiger partial charge in [0.05, 0.1) is 34.6 Å². The highest BCUT2D eigenvalue weighted by molar-refractivity contribution is 5.93. The third-order valence-electron chi connectivity index (χ3n) is 7.45. The number of nitrogens with one attached hydrogen (secondary N) is 1. The van der Waals surface area contributed by atoms with Gasteiger partial charge >= 0.3 is 5.97 Å². The minimum Gasteiger partial charge on any atom is -0.466 e. The minimum atomic E-state index is -0.733. The van der Waals surface area contributed by atoms with Crippen LogP contribution < -0.4 is 10.2 Å². The van der Waals surface area contributed by atoms with Crippen LogP contribution >= 0.6 is 0 Å². The van der Waals surface area contributed by atoms with E-state index in [-0.39, 0.29) is 17.3 Å². The largest absolute Gasteiger partial charge is 0.466 e. The molecule has 4 aromatic rings. The second-order valence-electron chi connectivity index (χ2n) is 9.89. The third-order valence-corrected chi connectivity index (χ3v) is 7.45. The lowest BCUT2D eigenvalue weighted by atomic mass is 9.78. The van der Waals surface area contributed by atoms with Crippen LogP contribution in [-0.4, -0.2) is 22.9 Å². The van der Waals surface area contributed by atoms with Gasteiger partial charge in [-0.1, -0.05) is 55.5 Å². The van der Waals surface area contributed by atoms with Crippen LogP contribution in [0, 0.1) is 26.1 Å². The maximum absolute atomic E-state index is 13.7. The van der Waals surface area contributed by atoms with Crippen molar-refractivity contribution < 1.29 is 19.4 Å². The Bertz CT molecular complexity index is 1620. The number of ether oxygens (including phenoxy) is 1. The molecule has 0 aliphatic carbocycles. The Morgan fingerprint density at radius 2 is 1.26 bits per heavy atom. The number of non-ortho nitro benzene ring substituents is 2. The van der Waals surface area contributed by atoms with Crippen molar-refractivity contribution in [3.8, 4) is 0 Å². The van der Waals surface area contributed by atoms with Crippen molar-refractivity contribution in [3.63, 3.8) is 0 Å². The van der Waals surface area contributed by atoms with Crippen molar-refractivity contribution in [1.29, 1.82) is 0 Å². The molecular weight excluding hydrogens is 536 g/mol. The summed E-state index contributed by atoms with van der Waals surface area (Å²) >= 11 is 0. The first-order valence-corrected chi connectivity index (χ1v) is 13.3. The van der Waals surface area contributed by atoms with Gasteiger partial charge in [0.15, 0.2) is 0 Å². The first-order valence-electron chi connectivity index (χ1n) is 13.3. The van der Waals surface area contributed by atoms with Crippen LogP contribution in [0.15, 0.2) is 120 Å². The summed E-state index contributed by atoms with van der Waals surface area (Å²) < 4.78 is 5.34. The first-order chi connectivity index (χ1) is 20.3. The van der Waals surface area contributed by atoms with E-state index in [0.717, 1.165) is 16.9 Å². The molecule has 10 heteroatoms. The summed E-state index contributed by atoms with van der Waals surface area (Å²) in [7, 11) is 1.32. The summed E-state index contributed by atoms with van der Waals surface area (Å²) in [6.45, 7) is 1.99. The predicted octanol–water partition coefficient (Wildman–Crippen LogP) is 6.98. The van der Waals surface area contributed by atoms with Gasteiger partial charge in [0.2, 0.25) is 0 Å². The number of carbonyl (C=O) groups excluding carboxylic acids is 1. The average Bonchev–Trinajstić information content (AvgIpc) is 3.02. The van der Waals surface area contributed by atoms with E-state index in [0.29, 0.717) is 16.8 Å². The summed E-state index contributed by atoms with van der Waals surface area (Å²) in [4.78, 5) is 37.7. The number of nitro groups is 2. The minimum absolute atomic E-state index is 0.0335. The molecule has 5 rings (SSSR count). The standard InChI is InChI=1S/C32H28N4O6/c1-21-29(33-24-9-5-3-6-10-24)28(32(37)42-2)31(23-15-19-27(20-16-23)36(40)41)34(25-11-7-4-8-12-25)30(21)22-13-17-26(18-14-22)35(38)39/h3-21,30-31,33H,1-2H3/t21-,30-,31+/m0/s1. The van der Waals surface area contributed by atoms with E-state index >= 15 is 0 Å². The van der Waals surface area contributed by atoms with Gasteiger partial charge in [-0.3, -0.25) is 20.2 Å². The van der Waals surface area contributed by atoms with E-state index < -0.39 is 27.9 Å². The fraction of sp³-hybridized carbons (Fsp3) is 0.156. The van der Waals surface area contributed by atoms with Gasteiger partial charge in [-0.25, -0.2) is 4.79 Å². The highest BCUT2D eigenvalue weighted by atomic mass is 16.6. The number of para-hydroxylation sites is 2. The Balaban J connectivity index is 1.81. The number of nitro benzene ring substituents is 2. The molecule has 0 unspecified atom stereocenters. The zero-order valence-corrected chi connectivity index (χ0v) is 22.9. The van der Waals surface area contributed by atoms with Crippen LogP contribution in [0.4, 0.5) is 22.7 Å². The summed E-state index contributed by atoms with van der Waals surface area (Å²) in [6, 6.07) is 30.3. The molecule has 0 radical (unpaired) electrons. The summed E-state index contributed by atoms with van der Waals surface area (Å²) in [5.74, 6) is -0.887. The molecule has 1 aliphatic rings. The van der Waals surface area contributed by atoms with E-state index in [1.165, 1.54) is 31.4 Å². The quantitative estimate of drug-likeness (QED) is 0.138. The van der Waals surface area contributed by atoms with E-state index in [4.69, 9.17) is 4.74 Å². The van der Waals surface area contributed by atoms with E-state index in [1.54, 1.807) is 24.3 Å². The highest BCUT2D eigenvalue weighted by Gasteiger charge is 2.45. The molecule has 0 saturated carbocycles.